The third kappa shape index (κ3) is 4.19. The molecule has 6 heteroatoms. The molecule has 1 rings (SSSR count). The normalized spacial score (nSPS) is 12.5. The van der Waals surface area contributed by atoms with Crippen LogP contribution in [0.3, 0.4) is 0 Å². The van der Waals surface area contributed by atoms with Gasteiger partial charge in [0.2, 0.25) is 0 Å². The molecule has 0 saturated carbocycles. The Labute approximate surface area is 105 Å². The van der Waals surface area contributed by atoms with Crippen LogP contribution in [-0.4, -0.2) is 40.7 Å². The van der Waals surface area contributed by atoms with Crippen molar-refractivity contribution >= 4 is 29.3 Å². The lowest BCUT2D eigenvalue weighted by molar-refractivity contribution is 0.250. The van der Waals surface area contributed by atoms with Crippen molar-refractivity contribution in [1.82, 2.24) is 9.97 Å². The molecule has 0 amide bonds. The Bertz CT molecular complexity index is 314. The Morgan fingerprint density at radius 1 is 1.50 bits per heavy atom. The monoisotopic (exact) mass is 259 g/mol. The molecule has 0 saturated heterocycles. The highest BCUT2D eigenvalue weighted by Gasteiger charge is 2.06. The van der Waals surface area contributed by atoms with Crippen molar-refractivity contribution in [2.75, 3.05) is 31.0 Å². The summed E-state index contributed by atoms with van der Waals surface area (Å²) in [5.74, 6) is 1.99. The first-order chi connectivity index (χ1) is 7.69. The maximum absolute atomic E-state index is 8.95. The van der Waals surface area contributed by atoms with Gasteiger partial charge in [-0.3, -0.25) is 0 Å². The summed E-state index contributed by atoms with van der Waals surface area (Å²) in [7, 11) is 1.84. The van der Waals surface area contributed by atoms with E-state index in [9.17, 15) is 0 Å². The maximum Gasteiger partial charge on any atom is 0.190 e. The third-order valence-corrected chi connectivity index (χ3v) is 3.74. The number of hydrogen-bond donors (Lipinski definition) is 2. The number of aliphatic hydroxyl groups is 1. The fraction of sp³-hybridized carbons (Fsp3) is 0.600. The van der Waals surface area contributed by atoms with Crippen LogP contribution >= 0.6 is 23.5 Å². The van der Waals surface area contributed by atoms with Crippen LogP contribution in [0.1, 0.15) is 6.92 Å². The lowest BCUT2D eigenvalue weighted by Gasteiger charge is -2.08. The molecule has 0 fully saturated rings. The molecule has 1 atom stereocenters. The molecule has 0 aliphatic carbocycles. The highest BCUT2D eigenvalue weighted by Crippen LogP contribution is 2.23. The van der Waals surface area contributed by atoms with Crippen LogP contribution in [0.15, 0.2) is 16.2 Å². The standard InChI is InChI=1S/C10H17N3OS2/c1-7(5-14)6-16-9-4-8(11-2)12-10(13-9)15-3/h4,7,14H,5-6H2,1-3H3,(H,11,12,13). The van der Waals surface area contributed by atoms with E-state index in [0.717, 1.165) is 21.8 Å². The van der Waals surface area contributed by atoms with Gasteiger partial charge in [0.05, 0.1) is 0 Å². The van der Waals surface area contributed by atoms with Crippen LogP contribution in [0.2, 0.25) is 0 Å². The summed E-state index contributed by atoms with van der Waals surface area (Å²) in [6, 6.07) is 1.93. The molecule has 2 N–H and O–H groups in total. The van der Waals surface area contributed by atoms with Gasteiger partial charge in [-0.1, -0.05) is 18.7 Å². The zero-order valence-corrected chi connectivity index (χ0v) is 11.4. The SMILES string of the molecule is CNc1cc(SCC(C)CO)nc(SC)n1. The summed E-state index contributed by atoms with van der Waals surface area (Å²) in [4.78, 5) is 8.69. The van der Waals surface area contributed by atoms with Gasteiger partial charge in [-0.25, -0.2) is 9.97 Å². The Morgan fingerprint density at radius 2 is 2.25 bits per heavy atom. The molecule has 0 aliphatic heterocycles. The second kappa shape index (κ2) is 6.98. The minimum Gasteiger partial charge on any atom is -0.396 e. The topological polar surface area (TPSA) is 58.0 Å². The summed E-state index contributed by atoms with van der Waals surface area (Å²) >= 11 is 3.18. The van der Waals surface area contributed by atoms with Crippen molar-refractivity contribution in [3.63, 3.8) is 0 Å². The zero-order chi connectivity index (χ0) is 12.0. The average Bonchev–Trinajstić information content (AvgIpc) is 2.35. The highest BCUT2D eigenvalue weighted by molar-refractivity contribution is 7.99. The van der Waals surface area contributed by atoms with E-state index in [4.69, 9.17) is 5.11 Å². The molecular formula is C10H17N3OS2. The van der Waals surface area contributed by atoms with E-state index in [-0.39, 0.29) is 12.5 Å². The molecule has 1 aromatic heterocycles. The Morgan fingerprint density at radius 3 is 2.81 bits per heavy atom. The van der Waals surface area contributed by atoms with Crippen LogP contribution in [-0.2, 0) is 0 Å². The molecule has 90 valence electrons. The van der Waals surface area contributed by atoms with Gasteiger partial charge in [-0.05, 0) is 12.2 Å². The van der Waals surface area contributed by atoms with Crippen molar-refractivity contribution in [1.29, 1.82) is 0 Å². The predicted octanol–water partition coefficient (Wildman–Crippen LogP) is 1.96. The summed E-state index contributed by atoms with van der Waals surface area (Å²) in [5.41, 5.74) is 0. The molecule has 0 aromatic carbocycles. The van der Waals surface area contributed by atoms with E-state index in [1.165, 1.54) is 11.8 Å². The summed E-state index contributed by atoms with van der Waals surface area (Å²) in [6.45, 7) is 2.23. The Kier molecular flexibility index (Phi) is 5.94. The maximum atomic E-state index is 8.95. The molecule has 1 aromatic rings. The van der Waals surface area contributed by atoms with E-state index >= 15 is 0 Å². The second-order valence-electron chi connectivity index (χ2n) is 3.43. The summed E-state index contributed by atoms with van der Waals surface area (Å²) in [6.07, 6.45) is 1.96. The Balaban J connectivity index is 2.71. The first kappa shape index (κ1) is 13.6. The lowest BCUT2D eigenvalue weighted by Crippen LogP contribution is -2.04. The Hall–Kier alpha value is -0.460. The molecule has 16 heavy (non-hydrogen) atoms. The van der Waals surface area contributed by atoms with Crippen LogP contribution in [0.5, 0.6) is 0 Å². The molecule has 0 aliphatic rings. The number of nitrogens with zero attached hydrogens (tertiary/aromatic N) is 2. The van der Waals surface area contributed by atoms with Gasteiger partial charge in [0.25, 0.3) is 0 Å². The molecule has 4 nitrogen and oxygen atoms in total. The van der Waals surface area contributed by atoms with Gasteiger partial charge >= 0.3 is 0 Å². The van der Waals surface area contributed by atoms with Crippen LogP contribution in [0, 0.1) is 5.92 Å². The molecule has 0 bridgehead atoms. The number of anilines is 1. The van der Waals surface area contributed by atoms with E-state index in [2.05, 4.69) is 15.3 Å². The van der Waals surface area contributed by atoms with Crippen molar-refractivity contribution in [2.24, 2.45) is 5.92 Å². The quantitative estimate of drug-likeness (QED) is 0.463. The smallest absolute Gasteiger partial charge is 0.190 e. The van der Waals surface area contributed by atoms with Gasteiger partial charge in [0.1, 0.15) is 10.8 Å². The van der Waals surface area contributed by atoms with Gasteiger partial charge in [-0.15, -0.1) is 11.8 Å². The predicted molar refractivity (Wildman–Crippen MR) is 70.3 cm³/mol. The number of hydrogen-bond acceptors (Lipinski definition) is 6. The van der Waals surface area contributed by atoms with E-state index in [0.29, 0.717) is 0 Å². The summed E-state index contributed by atoms with van der Waals surface area (Å²) < 4.78 is 0. The van der Waals surface area contributed by atoms with Crippen molar-refractivity contribution in [3.8, 4) is 0 Å². The molecule has 1 unspecified atom stereocenters. The van der Waals surface area contributed by atoms with Gasteiger partial charge in [0.15, 0.2) is 5.16 Å². The van der Waals surface area contributed by atoms with E-state index in [1.54, 1.807) is 11.8 Å². The van der Waals surface area contributed by atoms with Crippen LogP contribution in [0.25, 0.3) is 0 Å². The van der Waals surface area contributed by atoms with Gasteiger partial charge in [-0.2, -0.15) is 0 Å². The number of nitrogens with one attached hydrogen (secondary N) is 1. The second-order valence-corrected chi connectivity index (χ2v) is 5.24. The van der Waals surface area contributed by atoms with Crippen molar-refractivity contribution < 1.29 is 5.11 Å². The summed E-state index contributed by atoms with van der Waals surface area (Å²) in [5, 5.41) is 13.7. The van der Waals surface area contributed by atoms with Crippen molar-refractivity contribution in [3.05, 3.63) is 6.07 Å². The number of rotatable bonds is 6. The number of aliphatic hydroxyl groups excluding tert-OH is 1. The fourth-order valence-corrected chi connectivity index (χ4v) is 2.32. The minimum atomic E-state index is 0.215. The fourth-order valence-electron chi connectivity index (χ4n) is 0.977. The van der Waals surface area contributed by atoms with Crippen LogP contribution < -0.4 is 5.32 Å². The highest BCUT2D eigenvalue weighted by atomic mass is 32.2. The lowest BCUT2D eigenvalue weighted by atomic mass is 10.2. The van der Waals surface area contributed by atoms with Crippen LogP contribution in [0.4, 0.5) is 5.82 Å². The molecule has 1 heterocycles. The molecule has 0 spiro atoms. The van der Waals surface area contributed by atoms with E-state index < -0.39 is 0 Å². The van der Waals surface area contributed by atoms with Crippen molar-refractivity contribution in [2.45, 2.75) is 17.1 Å². The van der Waals surface area contributed by atoms with Gasteiger partial charge < -0.3 is 10.4 Å². The number of thioether (sulfide) groups is 2. The zero-order valence-electron chi connectivity index (χ0n) is 9.73. The minimum absolute atomic E-state index is 0.215. The first-order valence-corrected chi connectivity index (χ1v) is 7.25. The number of aromatic nitrogens is 2. The largest absolute Gasteiger partial charge is 0.396 e. The third-order valence-electron chi connectivity index (χ3n) is 1.95. The molecule has 0 radical (unpaired) electrons. The van der Waals surface area contributed by atoms with Gasteiger partial charge in [0, 0.05) is 25.5 Å². The average molecular weight is 259 g/mol. The molecular weight excluding hydrogens is 242 g/mol. The van der Waals surface area contributed by atoms with E-state index in [1.807, 2.05) is 26.3 Å². The first-order valence-electron chi connectivity index (χ1n) is 5.04.